The molecule has 1 aromatic carbocycles. The van der Waals surface area contributed by atoms with Crippen LogP contribution in [0.4, 0.5) is 0 Å². The second-order valence-corrected chi connectivity index (χ2v) is 4.53. The largest absolute Gasteiger partial charge is 0.370 e. The van der Waals surface area contributed by atoms with Gasteiger partial charge in [0.15, 0.2) is 4.77 Å². The number of nitrogens with one attached hydrogen (secondary N) is 1. The van der Waals surface area contributed by atoms with Crippen molar-refractivity contribution in [3.05, 3.63) is 28.0 Å². The van der Waals surface area contributed by atoms with Gasteiger partial charge in [-0.05, 0) is 24.4 Å². The van der Waals surface area contributed by atoms with Crippen LogP contribution in [0, 0.1) is 4.77 Å². The molecule has 0 fully saturated rings. The molecule has 0 unspecified atom stereocenters. The number of hydrogen-bond acceptors (Lipinski definition) is 3. The smallest absolute Gasteiger partial charge is 0.243 e. The fraction of sp³-hybridized carbons (Fsp3) is 0.273. The fourth-order valence-corrected chi connectivity index (χ4v) is 2.29. The topological polar surface area (TPSA) is 73.0 Å². The Kier molecular flexibility index (Phi) is 4.00. The van der Waals surface area contributed by atoms with Crippen molar-refractivity contribution >= 4 is 40.8 Å². The second kappa shape index (κ2) is 5.51. The Hall–Kier alpha value is -1.37. The molecule has 2 aromatic rings. The molecule has 1 aromatic heterocycles. The average molecular weight is 286 g/mol. The molecule has 0 bridgehead atoms. The molecule has 5 nitrogen and oxygen atoms in total. The number of carbonyl (C=O) groups excluding carboxylic acids is 1. The number of hydrogen-bond donors (Lipinski definition) is 2. The van der Waals surface area contributed by atoms with Gasteiger partial charge in [0, 0.05) is 6.54 Å². The molecule has 18 heavy (non-hydrogen) atoms. The summed E-state index contributed by atoms with van der Waals surface area (Å²) in [4.78, 5) is 13.6. The summed E-state index contributed by atoms with van der Waals surface area (Å²) in [5.74, 6) is -0.490. The molecular weight excluding hydrogens is 274 g/mol. The number of aromatic nitrogens is 2. The SMILES string of the molecule is NC(=O)COCCn1c(=S)[nH]c2cccc(Cl)c21. The lowest BCUT2D eigenvalue weighted by molar-refractivity contribution is -0.122. The summed E-state index contributed by atoms with van der Waals surface area (Å²) in [6.07, 6.45) is 0. The van der Waals surface area contributed by atoms with Gasteiger partial charge in [0.1, 0.15) is 6.61 Å². The van der Waals surface area contributed by atoms with Gasteiger partial charge in [-0.15, -0.1) is 0 Å². The summed E-state index contributed by atoms with van der Waals surface area (Å²) < 4.78 is 7.52. The number of H-pyrrole nitrogens is 1. The Morgan fingerprint density at radius 3 is 3.06 bits per heavy atom. The number of para-hydroxylation sites is 1. The zero-order chi connectivity index (χ0) is 13.1. The second-order valence-electron chi connectivity index (χ2n) is 3.74. The molecule has 0 radical (unpaired) electrons. The minimum atomic E-state index is -0.490. The number of nitrogens with zero attached hydrogens (tertiary/aromatic N) is 1. The summed E-state index contributed by atoms with van der Waals surface area (Å²) in [7, 11) is 0. The van der Waals surface area contributed by atoms with Gasteiger partial charge in [-0.3, -0.25) is 4.79 Å². The van der Waals surface area contributed by atoms with Crippen molar-refractivity contribution in [1.82, 2.24) is 9.55 Å². The van der Waals surface area contributed by atoms with Gasteiger partial charge >= 0.3 is 0 Å². The Balaban J connectivity index is 2.20. The van der Waals surface area contributed by atoms with Crippen LogP contribution in [-0.4, -0.2) is 28.7 Å². The van der Waals surface area contributed by atoms with Gasteiger partial charge in [-0.1, -0.05) is 17.7 Å². The molecule has 96 valence electrons. The van der Waals surface area contributed by atoms with E-state index in [9.17, 15) is 4.79 Å². The molecule has 0 saturated carbocycles. The lowest BCUT2D eigenvalue weighted by Gasteiger charge is -2.05. The number of ether oxygens (including phenoxy) is 1. The molecule has 1 amide bonds. The molecule has 1 heterocycles. The predicted molar refractivity (Wildman–Crippen MR) is 72.1 cm³/mol. The Morgan fingerprint density at radius 1 is 1.56 bits per heavy atom. The van der Waals surface area contributed by atoms with E-state index in [0.717, 1.165) is 11.0 Å². The number of amides is 1. The normalized spacial score (nSPS) is 10.9. The highest BCUT2D eigenvalue weighted by molar-refractivity contribution is 7.71. The molecule has 0 aliphatic carbocycles. The van der Waals surface area contributed by atoms with E-state index in [1.54, 1.807) is 6.07 Å². The third kappa shape index (κ3) is 2.72. The van der Waals surface area contributed by atoms with Crippen LogP contribution < -0.4 is 5.73 Å². The third-order valence-electron chi connectivity index (χ3n) is 2.45. The number of halogens is 1. The molecule has 0 saturated heterocycles. The Bertz CT molecular complexity index is 635. The van der Waals surface area contributed by atoms with Crippen LogP contribution in [0.25, 0.3) is 11.0 Å². The minimum absolute atomic E-state index is 0.0938. The fourth-order valence-electron chi connectivity index (χ4n) is 1.72. The van der Waals surface area contributed by atoms with Crippen LogP contribution in [0.5, 0.6) is 0 Å². The third-order valence-corrected chi connectivity index (χ3v) is 3.07. The summed E-state index contributed by atoms with van der Waals surface area (Å²) in [5.41, 5.74) is 6.69. The highest BCUT2D eigenvalue weighted by atomic mass is 35.5. The predicted octanol–water partition coefficient (Wildman–Crippen LogP) is 1.85. The molecule has 2 rings (SSSR count). The average Bonchev–Trinajstić information content (AvgIpc) is 2.62. The highest BCUT2D eigenvalue weighted by Crippen LogP contribution is 2.23. The zero-order valence-electron chi connectivity index (χ0n) is 9.48. The number of fused-ring (bicyclic) bond motifs is 1. The molecule has 0 spiro atoms. The molecular formula is C11H12ClN3O2S. The van der Waals surface area contributed by atoms with E-state index in [-0.39, 0.29) is 6.61 Å². The summed E-state index contributed by atoms with van der Waals surface area (Å²) in [6, 6.07) is 5.55. The molecule has 0 aliphatic heterocycles. The van der Waals surface area contributed by atoms with Crippen LogP contribution in [0.15, 0.2) is 18.2 Å². The van der Waals surface area contributed by atoms with Crippen LogP contribution >= 0.6 is 23.8 Å². The maximum atomic E-state index is 10.5. The van der Waals surface area contributed by atoms with Crippen LogP contribution in [0.1, 0.15) is 0 Å². The lowest BCUT2D eigenvalue weighted by atomic mass is 10.3. The summed E-state index contributed by atoms with van der Waals surface area (Å²) in [5, 5.41) is 0.620. The first-order chi connectivity index (χ1) is 8.59. The maximum absolute atomic E-state index is 10.5. The first-order valence-corrected chi connectivity index (χ1v) is 6.11. The van der Waals surface area contributed by atoms with E-state index < -0.39 is 5.91 Å². The van der Waals surface area contributed by atoms with Crippen molar-refractivity contribution in [1.29, 1.82) is 0 Å². The van der Waals surface area contributed by atoms with Gasteiger partial charge < -0.3 is 20.0 Å². The summed E-state index contributed by atoms with van der Waals surface area (Å²) in [6.45, 7) is 0.759. The van der Waals surface area contributed by atoms with Gasteiger partial charge in [0.2, 0.25) is 5.91 Å². The molecule has 7 heteroatoms. The van der Waals surface area contributed by atoms with Crippen molar-refractivity contribution in [2.75, 3.05) is 13.2 Å². The Morgan fingerprint density at radius 2 is 2.33 bits per heavy atom. The van der Waals surface area contributed by atoms with E-state index in [1.807, 2.05) is 16.7 Å². The van der Waals surface area contributed by atoms with Gasteiger partial charge in [-0.25, -0.2) is 0 Å². The van der Waals surface area contributed by atoms with Gasteiger partial charge in [0.05, 0.1) is 22.7 Å². The number of primary amides is 1. The number of rotatable bonds is 5. The highest BCUT2D eigenvalue weighted by Gasteiger charge is 2.07. The van der Waals surface area contributed by atoms with E-state index in [1.165, 1.54) is 0 Å². The molecule has 3 N–H and O–H groups in total. The standard InChI is InChI=1S/C11H12ClN3O2S/c12-7-2-1-3-8-10(7)15(11(18)14-8)4-5-17-6-9(13)16/h1-3H,4-6H2,(H2,13,16)(H,14,18). The van der Waals surface area contributed by atoms with Crippen LogP contribution in [-0.2, 0) is 16.1 Å². The van der Waals surface area contributed by atoms with Gasteiger partial charge in [0.25, 0.3) is 0 Å². The number of imidazole rings is 1. The van der Waals surface area contributed by atoms with Crippen LogP contribution in [0.2, 0.25) is 5.02 Å². The van der Waals surface area contributed by atoms with E-state index >= 15 is 0 Å². The number of aromatic amines is 1. The summed E-state index contributed by atoms with van der Waals surface area (Å²) >= 11 is 11.4. The number of carbonyl (C=O) groups is 1. The van der Waals surface area contributed by atoms with Crippen LogP contribution in [0.3, 0.4) is 0 Å². The lowest BCUT2D eigenvalue weighted by Crippen LogP contribution is -2.19. The Labute approximate surface area is 113 Å². The van der Waals surface area contributed by atoms with Crippen molar-refractivity contribution in [2.24, 2.45) is 5.73 Å². The quantitative estimate of drug-likeness (QED) is 0.650. The van der Waals surface area contributed by atoms with E-state index in [2.05, 4.69) is 4.98 Å². The van der Waals surface area contributed by atoms with Gasteiger partial charge in [-0.2, -0.15) is 0 Å². The van der Waals surface area contributed by atoms with Crippen molar-refractivity contribution in [2.45, 2.75) is 6.54 Å². The number of nitrogens with two attached hydrogens (primary N) is 1. The zero-order valence-corrected chi connectivity index (χ0v) is 11.1. The first-order valence-electron chi connectivity index (χ1n) is 5.32. The molecule has 0 atom stereocenters. The maximum Gasteiger partial charge on any atom is 0.243 e. The van der Waals surface area contributed by atoms with E-state index in [0.29, 0.717) is 22.9 Å². The van der Waals surface area contributed by atoms with Crippen molar-refractivity contribution < 1.29 is 9.53 Å². The first kappa shape index (κ1) is 13.1. The minimum Gasteiger partial charge on any atom is -0.370 e. The number of benzene rings is 1. The van der Waals surface area contributed by atoms with Crippen molar-refractivity contribution in [3.63, 3.8) is 0 Å². The monoisotopic (exact) mass is 285 g/mol. The molecule has 0 aliphatic rings. The van der Waals surface area contributed by atoms with E-state index in [4.69, 9.17) is 34.3 Å². The van der Waals surface area contributed by atoms with Crippen molar-refractivity contribution in [3.8, 4) is 0 Å².